The summed E-state index contributed by atoms with van der Waals surface area (Å²) < 4.78 is 12.6. The molecule has 0 radical (unpaired) electrons. The minimum atomic E-state index is -1.02. The molecule has 0 saturated carbocycles. The number of benzene rings is 2. The summed E-state index contributed by atoms with van der Waals surface area (Å²) >= 11 is 0. The number of likely N-dealkylation sites (tertiary alicyclic amines) is 1. The Kier molecular flexibility index (Phi) is 5.79. The second kappa shape index (κ2) is 8.82. The average Bonchev–Trinajstić information content (AvgIpc) is 3.48. The van der Waals surface area contributed by atoms with Crippen molar-refractivity contribution in [3.63, 3.8) is 0 Å². The summed E-state index contributed by atoms with van der Waals surface area (Å²) in [5.74, 6) is -0.638. The Bertz CT molecular complexity index is 1010. The van der Waals surface area contributed by atoms with Crippen LogP contribution in [0.15, 0.2) is 66.9 Å². The lowest BCUT2D eigenvalue weighted by Crippen LogP contribution is -2.35. The Morgan fingerprint density at radius 1 is 0.967 bits per heavy atom. The van der Waals surface area contributed by atoms with Crippen LogP contribution in [-0.4, -0.2) is 46.8 Å². The zero-order chi connectivity index (χ0) is 20.9. The van der Waals surface area contributed by atoms with Gasteiger partial charge in [-0.25, -0.2) is 9.48 Å². The molecule has 7 heteroatoms. The van der Waals surface area contributed by atoms with Crippen molar-refractivity contribution >= 4 is 11.9 Å². The molecule has 1 aromatic heterocycles. The van der Waals surface area contributed by atoms with Gasteiger partial charge in [0.05, 0.1) is 19.0 Å². The molecule has 0 spiro atoms. The number of methoxy groups -OCH3 is 1. The van der Waals surface area contributed by atoms with E-state index in [1.807, 2.05) is 48.5 Å². The van der Waals surface area contributed by atoms with Gasteiger partial charge in [-0.3, -0.25) is 4.79 Å². The summed E-state index contributed by atoms with van der Waals surface area (Å²) in [5, 5.41) is 4.35. The van der Waals surface area contributed by atoms with E-state index in [4.69, 9.17) is 9.47 Å². The first kappa shape index (κ1) is 19.7. The lowest BCUT2D eigenvalue weighted by atomic mass is 10.1. The number of carbonyl (C=O) groups excluding carboxylic acids is 2. The molecule has 0 aliphatic carbocycles. The van der Waals surface area contributed by atoms with E-state index >= 15 is 0 Å². The van der Waals surface area contributed by atoms with E-state index in [1.54, 1.807) is 27.9 Å². The Morgan fingerprint density at radius 2 is 1.60 bits per heavy atom. The van der Waals surface area contributed by atoms with Gasteiger partial charge in [0, 0.05) is 18.7 Å². The fraction of sp³-hybridized carbons (Fsp3) is 0.261. The molecule has 1 aliphatic rings. The monoisotopic (exact) mass is 405 g/mol. The van der Waals surface area contributed by atoms with E-state index < -0.39 is 12.1 Å². The van der Waals surface area contributed by atoms with Crippen molar-refractivity contribution < 1.29 is 19.1 Å². The van der Waals surface area contributed by atoms with Gasteiger partial charge < -0.3 is 14.4 Å². The van der Waals surface area contributed by atoms with Crippen molar-refractivity contribution in [1.29, 1.82) is 0 Å². The van der Waals surface area contributed by atoms with Crippen LogP contribution in [-0.2, 0) is 9.53 Å². The third kappa shape index (κ3) is 4.05. The highest BCUT2D eigenvalue weighted by atomic mass is 16.6. The number of ether oxygens (including phenoxy) is 2. The summed E-state index contributed by atoms with van der Waals surface area (Å²) in [7, 11) is 1.47. The fourth-order valence-corrected chi connectivity index (χ4v) is 3.52. The van der Waals surface area contributed by atoms with Crippen LogP contribution in [0.5, 0.6) is 5.75 Å². The quantitative estimate of drug-likeness (QED) is 0.588. The Balaban J connectivity index is 1.62. The number of nitrogens with zero attached hydrogens (tertiary/aromatic N) is 3. The number of amides is 1. The third-order valence-corrected chi connectivity index (χ3v) is 5.08. The van der Waals surface area contributed by atoms with Crippen molar-refractivity contribution in [2.75, 3.05) is 20.2 Å². The minimum Gasteiger partial charge on any atom is -0.493 e. The summed E-state index contributed by atoms with van der Waals surface area (Å²) in [5.41, 5.74) is 1.43. The molecule has 4 rings (SSSR count). The van der Waals surface area contributed by atoms with E-state index in [9.17, 15) is 9.59 Å². The molecule has 1 fully saturated rings. The normalized spacial score (nSPS) is 14.4. The van der Waals surface area contributed by atoms with Crippen LogP contribution in [0.1, 0.15) is 35.0 Å². The van der Waals surface area contributed by atoms with E-state index in [0.717, 1.165) is 18.5 Å². The lowest BCUT2D eigenvalue weighted by Gasteiger charge is -2.23. The van der Waals surface area contributed by atoms with Crippen LogP contribution in [0, 0.1) is 0 Å². The molecule has 0 bridgehead atoms. The predicted octanol–water partition coefficient (Wildman–Crippen LogP) is 3.40. The number of esters is 1. The molecule has 3 aromatic rings. The minimum absolute atomic E-state index is 0.0245. The lowest BCUT2D eigenvalue weighted by molar-refractivity contribution is -0.140. The Labute approximate surface area is 174 Å². The summed E-state index contributed by atoms with van der Waals surface area (Å²) in [6.45, 7) is 1.34. The summed E-state index contributed by atoms with van der Waals surface area (Å²) in [6.07, 6.45) is 2.50. The second-order valence-electron chi connectivity index (χ2n) is 7.05. The van der Waals surface area contributed by atoms with Crippen molar-refractivity contribution in [2.24, 2.45) is 0 Å². The van der Waals surface area contributed by atoms with Gasteiger partial charge in [-0.15, -0.1) is 0 Å². The third-order valence-electron chi connectivity index (χ3n) is 5.08. The predicted molar refractivity (Wildman–Crippen MR) is 111 cm³/mol. The van der Waals surface area contributed by atoms with Crippen LogP contribution < -0.4 is 4.74 Å². The second-order valence-corrected chi connectivity index (χ2v) is 7.05. The first-order chi connectivity index (χ1) is 14.7. The van der Waals surface area contributed by atoms with Crippen LogP contribution in [0.25, 0.3) is 5.69 Å². The fourth-order valence-electron chi connectivity index (χ4n) is 3.52. The zero-order valence-electron chi connectivity index (χ0n) is 16.7. The molecule has 1 amide bonds. The van der Waals surface area contributed by atoms with Gasteiger partial charge >= 0.3 is 5.97 Å². The topological polar surface area (TPSA) is 73.7 Å². The van der Waals surface area contributed by atoms with Gasteiger partial charge in [-0.1, -0.05) is 48.5 Å². The maximum atomic E-state index is 13.1. The van der Waals surface area contributed by atoms with Crippen LogP contribution in [0.3, 0.4) is 0 Å². The van der Waals surface area contributed by atoms with E-state index in [-0.39, 0.29) is 17.4 Å². The zero-order valence-corrected chi connectivity index (χ0v) is 16.7. The summed E-state index contributed by atoms with van der Waals surface area (Å²) in [6, 6.07) is 18.4. The van der Waals surface area contributed by atoms with Gasteiger partial charge in [0.15, 0.2) is 5.75 Å². The first-order valence-electron chi connectivity index (χ1n) is 9.91. The van der Waals surface area contributed by atoms with Crippen molar-refractivity contribution in [3.8, 4) is 11.4 Å². The molecule has 1 atom stereocenters. The van der Waals surface area contributed by atoms with Gasteiger partial charge in [-0.05, 0) is 25.0 Å². The first-order valence-corrected chi connectivity index (χ1v) is 9.91. The number of carbonyl (C=O) groups is 2. The van der Waals surface area contributed by atoms with Gasteiger partial charge in [0.25, 0.3) is 5.91 Å². The van der Waals surface area contributed by atoms with E-state index in [1.165, 1.54) is 7.11 Å². The smallest absolute Gasteiger partial charge is 0.363 e. The van der Waals surface area contributed by atoms with Crippen LogP contribution in [0.2, 0.25) is 0 Å². The number of aromatic nitrogens is 2. The molecule has 1 saturated heterocycles. The molecule has 0 N–H and O–H groups in total. The molecule has 154 valence electrons. The summed E-state index contributed by atoms with van der Waals surface area (Å²) in [4.78, 5) is 27.8. The molecule has 2 aromatic carbocycles. The molecule has 0 unspecified atom stereocenters. The number of rotatable bonds is 6. The highest BCUT2D eigenvalue weighted by Crippen LogP contribution is 2.27. The van der Waals surface area contributed by atoms with Gasteiger partial charge in [-0.2, -0.15) is 5.10 Å². The SMILES string of the molecule is COc1cn(-c2ccccc2)nc1C(=O)O[C@H](C(=O)N1CCCC1)c1ccccc1. The molecule has 1 aliphatic heterocycles. The van der Waals surface area contributed by atoms with Gasteiger partial charge in [0.2, 0.25) is 11.8 Å². The Hall–Kier alpha value is -3.61. The van der Waals surface area contributed by atoms with Crippen LogP contribution in [0.4, 0.5) is 0 Å². The molecule has 30 heavy (non-hydrogen) atoms. The maximum absolute atomic E-state index is 13.1. The van der Waals surface area contributed by atoms with Crippen LogP contribution >= 0.6 is 0 Å². The maximum Gasteiger partial charge on any atom is 0.363 e. The van der Waals surface area contributed by atoms with Crippen molar-refractivity contribution in [2.45, 2.75) is 18.9 Å². The van der Waals surface area contributed by atoms with E-state index in [0.29, 0.717) is 18.7 Å². The van der Waals surface area contributed by atoms with Crippen molar-refractivity contribution in [3.05, 3.63) is 78.1 Å². The highest BCUT2D eigenvalue weighted by molar-refractivity contribution is 5.93. The van der Waals surface area contributed by atoms with E-state index in [2.05, 4.69) is 5.10 Å². The van der Waals surface area contributed by atoms with Crippen molar-refractivity contribution in [1.82, 2.24) is 14.7 Å². The molecule has 7 nitrogen and oxygen atoms in total. The standard InChI is InChI=1S/C23H23N3O4/c1-29-19-16-26(18-12-6-3-7-13-18)24-20(19)23(28)30-21(17-10-4-2-5-11-17)22(27)25-14-8-9-15-25/h2-7,10-13,16,21H,8-9,14-15H2,1H3/t21-/m0/s1. The number of para-hydroxylation sites is 1. The molecular formula is C23H23N3O4. The van der Waals surface area contributed by atoms with Gasteiger partial charge in [0.1, 0.15) is 0 Å². The Morgan fingerprint density at radius 3 is 2.23 bits per heavy atom. The molecular weight excluding hydrogens is 382 g/mol. The number of hydrogen-bond donors (Lipinski definition) is 0. The molecule has 2 heterocycles. The highest BCUT2D eigenvalue weighted by Gasteiger charge is 2.33. The number of hydrogen-bond acceptors (Lipinski definition) is 5. The average molecular weight is 405 g/mol. The largest absolute Gasteiger partial charge is 0.493 e.